The summed E-state index contributed by atoms with van der Waals surface area (Å²) in [6.07, 6.45) is 1.47. The maximum atomic E-state index is 13.9. The average molecular weight is 405 g/mol. The molecule has 4 nitrogen and oxygen atoms in total. The lowest BCUT2D eigenvalue weighted by Gasteiger charge is -2.13. The third-order valence-corrected chi connectivity index (χ3v) is 4.86. The summed E-state index contributed by atoms with van der Waals surface area (Å²) in [4.78, 5) is 22.2. The van der Waals surface area contributed by atoms with Gasteiger partial charge in [0.15, 0.2) is 0 Å². The molecule has 0 bridgehead atoms. The Morgan fingerprint density at radius 2 is 1.63 bits per heavy atom. The van der Waals surface area contributed by atoms with Crippen LogP contribution in [0.15, 0.2) is 59.7 Å². The van der Waals surface area contributed by atoms with Gasteiger partial charge in [-0.2, -0.15) is 0 Å². The molecule has 0 aliphatic rings. The molecule has 0 spiro atoms. The highest BCUT2D eigenvalue weighted by Gasteiger charge is 2.16. The number of fused-ring (bicyclic) bond motifs is 1. The zero-order chi connectivity index (χ0) is 21.4. The van der Waals surface area contributed by atoms with Crippen LogP contribution in [0, 0.1) is 24.5 Å². The first-order valence-electron chi connectivity index (χ1n) is 9.75. The van der Waals surface area contributed by atoms with E-state index in [0.717, 1.165) is 17.2 Å². The van der Waals surface area contributed by atoms with Gasteiger partial charge in [0.2, 0.25) is 0 Å². The Kier molecular flexibility index (Phi) is 5.16. The van der Waals surface area contributed by atoms with Crippen LogP contribution in [0.3, 0.4) is 0 Å². The van der Waals surface area contributed by atoms with Gasteiger partial charge in [0.1, 0.15) is 17.2 Å². The predicted molar refractivity (Wildman–Crippen MR) is 114 cm³/mol. The lowest BCUT2D eigenvalue weighted by atomic mass is 10.0. The molecule has 0 radical (unpaired) electrons. The minimum atomic E-state index is -0.714. The molecular formula is C24H21F2N3O. The summed E-state index contributed by atoms with van der Waals surface area (Å²) in [5.41, 5.74) is 3.06. The number of rotatable bonds is 4. The highest BCUT2D eigenvalue weighted by atomic mass is 19.1. The van der Waals surface area contributed by atoms with Crippen molar-refractivity contribution in [1.29, 1.82) is 0 Å². The number of halogens is 2. The van der Waals surface area contributed by atoms with Crippen LogP contribution < -0.4 is 5.56 Å². The molecule has 6 heteroatoms. The van der Waals surface area contributed by atoms with Crippen molar-refractivity contribution < 1.29 is 8.78 Å². The highest BCUT2D eigenvalue weighted by Crippen LogP contribution is 2.30. The topological polar surface area (TPSA) is 47.8 Å². The van der Waals surface area contributed by atoms with Crippen LogP contribution in [-0.2, 0) is 6.54 Å². The maximum absolute atomic E-state index is 13.9. The third-order valence-electron chi connectivity index (χ3n) is 4.86. The molecule has 0 aliphatic carbocycles. The fourth-order valence-corrected chi connectivity index (χ4v) is 3.45. The standard InChI is InChI=1S/C24H21F2N3O/c1-14(2)12-29-13-27-23-20(24(29)30)11-21(16-6-4-15(3)5-7-16)28-22(23)17-8-18(25)10-19(26)9-17/h4-11,13-14H,12H2,1-3H3. The summed E-state index contributed by atoms with van der Waals surface area (Å²) in [6.45, 7) is 6.53. The first-order chi connectivity index (χ1) is 14.3. The lowest BCUT2D eigenvalue weighted by molar-refractivity contribution is 0.508. The van der Waals surface area contributed by atoms with E-state index in [9.17, 15) is 13.6 Å². The molecule has 2 aromatic heterocycles. The summed E-state index contributed by atoms with van der Waals surface area (Å²) in [5, 5.41) is 0.364. The van der Waals surface area contributed by atoms with Gasteiger partial charge in [0.25, 0.3) is 5.56 Å². The lowest BCUT2D eigenvalue weighted by Crippen LogP contribution is -2.23. The van der Waals surface area contributed by atoms with E-state index < -0.39 is 11.6 Å². The molecule has 152 valence electrons. The van der Waals surface area contributed by atoms with Crippen molar-refractivity contribution in [1.82, 2.24) is 14.5 Å². The molecule has 0 saturated heterocycles. The number of hydrogen-bond acceptors (Lipinski definition) is 3. The number of hydrogen-bond donors (Lipinski definition) is 0. The predicted octanol–water partition coefficient (Wildman–Crippen LogP) is 5.37. The van der Waals surface area contributed by atoms with E-state index in [1.165, 1.54) is 18.5 Å². The van der Waals surface area contributed by atoms with Crippen LogP contribution in [0.5, 0.6) is 0 Å². The van der Waals surface area contributed by atoms with Crippen molar-refractivity contribution in [2.45, 2.75) is 27.3 Å². The normalized spacial score (nSPS) is 11.4. The summed E-state index contributed by atoms with van der Waals surface area (Å²) in [6, 6.07) is 12.6. The minimum absolute atomic E-state index is 0.206. The van der Waals surface area contributed by atoms with Crippen molar-refractivity contribution in [3.05, 3.63) is 82.4 Å². The number of aryl methyl sites for hydroxylation is 1. The molecule has 30 heavy (non-hydrogen) atoms. The van der Waals surface area contributed by atoms with E-state index in [2.05, 4.69) is 9.97 Å². The van der Waals surface area contributed by atoms with Gasteiger partial charge < -0.3 is 0 Å². The largest absolute Gasteiger partial charge is 0.298 e. The number of aromatic nitrogens is 3. The van der Waals surface area contributed by atoms with Gasteiger partial charge in [0, 0.05) is 23.7 Å². The molecule has 0 unspecified atom stereocenters. The summed E-state index contributed by atoms with van der Waals surface area (Å²) >= 11 is 0. The van der Waals surface area contributed by atoms with Crippen LogP contribution >= 0.6 is 0 Å². The maximum Gasteiger partial charge on any atom is 0.261 e. The van der Waals surface area contributed by atoms with Gasteiger partial charge in [0.05, 0.1) is 23.1 Å². The molecule has 4 aromatic rings. The van der Waals surface area contributed by atoms with Crippen molar-refractivity contribution in [3.63, 3.8) is 0 Å². The van der Waals surface area contributed by atoms with Crippen molar-refractivity contribution in [2.75, 3.05) is 0 Å². The Hall–Kier alpha value is -3.41. The number of pyridine rings is 1. The van der Waals surface area contributed by atoms with Crippen LogP contribution in [-0.4, -0.2) is 14.5 Å². The number of benzene rings is 2. The van der Waals surface area contributed by atoms with E-state index in [1.54, 1.807) is 10.6 Å². The fourth-order valence-electron chi connectivity index (χ4n) is 3.45. The molecule has 0 saturated carbocycles. The van der Waals surface area contributed by atoms with E-state index in [0.29, 0.717) is 23.1 Å². The van der Waals surface area contributed by atoms with Gasteiger partial charge in [-0.05, 0) is 31.0 Å². The van der Waals surface area contributed by atoms with Crippen LogP contribution in [0.4, 0.5) is 8.78 Å². The van der Waals surface area contributed by atoms with E-state index in [-0.39, 0.29) is 22.7 Å². The Morgan fingerprint density at radius 3 is 2.27 bits per heavy atom. The summed E-state index contributed by atoms with van der Waals surface area (Å²) < 4.78 is 29.4. The van der Waals surface area contributed by atoms with E-state index >= 15 is 0 Å². The van der Waals surface area contributed by atoms with Gasteiger partial charge in [-0.1, -0.05) is 43.7 Å². The second-order valence-corrected chi connectivity index (χ2v) is 7.87. The quantitative estimate of drug-likeness (QED) is 0.459. The van der Waals surface area contributed by atoms with Gasteiger partial charge >= 0.3 is 0 Å². The average Bonchev–Trinajstić information content (AvgIpc) is 2.69. The van der Waals surface area contributed by atoms with Crippen LogP contribution in [0.2, 0.25) is 0 Å². The van der Waals surface area contributed by atoms with E-state index in [1.807, 2.05) is 45.0 Å². The second kappa shape index (κ2) is 7.78. The molecule has 2 aromatic carbocycles. The molecule has 0 fully saturated rings. The number of nitrogens with zero attached hydrogens (tertiary/aromatic N) is 3. The fraction of sp³-hybridized carbons (Fsp3) is 0.208. The first kappa shape index (κ1) is 19.9. The SMILES string of the molecule is Cc1ccc(-c2cc3c(=O)n(CC(C)C)cnc3c(-c3cc(F)cc(F)c3)n2)cc1. The molecule has 0 amide bonds. The molecule has 0 aliphatic heterocycles. The van der Waals surface area contributed by atoms with Crippen molar-refractivity contribution in [2.24, 2.45) is 5.92 Å². The first-order valence-corrected chi connectivity index (χ1v) is 9.75. The van der Waals surface area contributed by atoms with Gasteiger partial charge in [-0.15, -0.1) is 0 Å². The molecule has 2 heterocycles. The highest BCUT2D eigenvalue weighted by molar-refractivity contribution is 5.93. The molecular weight excluding hydrogens is 384 g/mol. The van der Waals surface area contributed by atoms with Gasteiger partial charge in [-0.25, -0.2) is 18.7 Å². The van der Waals surface area contributed by atoms with Crippen LogP contribution in [0.1, 0.15) is 19.4 Å². The zero-order valence-electron chi connectivity index (χ0n) is 17.0. The van der Waals surface area contributed by atoms with Crippen molar-refractivity contribution in [3.8, 4) is 22.5 Å². The van der Waals surface area contributed by atoms with E-state index in [4.69, 9.17) is 0 Å². The summed E-state index contributed by atoms with van der Waals surface area (Å²) in [5.74, 6) is -1.17. The third kappa shape index (κ3) is 3.85. The monoisotopic (exact) mass is 405 g/mol. The smallest absolute Gasteiger partial charge is 0.261 e. The zero-order valence-corrected chi connectivity index (χ0v) is 17.0. The van der Waals surface area contributed by atoms with Crippen LogP contribution in [0.25, 0.3) is 33.4 Å². The Balaban J connectivity index is 2.04. The molecule has 0 atom stereocenters. The Bertz CT molecular complexity index is 1270. The summed E-state index contributed by atoms with van der Waals surface area (Å²) in [7, 11) is 0. The Labute approximate surface area is 172 Å². The molecule has 0 N–H and O–H groups in total. The molecule has 4 rings (SSSR count). The second-order valence-electron chi connectivity index (χ2n) is 7.87. The van der Waals surface area contributed by atoms with Gasteiger partial charge in [-0.3, -0.25) is 9.36 Å². The minimum Gasteiger partial charge on any atom is -0.298 e. The van der Waals surface area contributed by atoms with Crippen molar-refractivity contribution >= 4 is 10.9 Å². The Morgan fingerprint density at radius 1 is 0.967 bits per heavy atom.